The average molecular weight is 280 g/mol. The van der Waals surface area contributed by atoms with Crippen molar-refractivity contribution in [2.75, 3.05) is 6.54 Å². The van der Waals surface area contributed by atoms with Crippen LogP contribution in [0.5, 0.6) is 0 Å². The maximum Gasteiger partial charge on any atom is 0.177 e. The van der Waals surface area contributed by atoms with E-state index in [0.29, 0.717) is 5.82 Å². The van der Waals surface area contributed by atoms with Crippen molar-refractivity contribution < 1.29 is 0 Å². The molecule has 2 aromatic rings. The first kappa shape index (κ1) is 14.7. The minimum absolute atomic E-state index is 0.112. The van der Waals surface area contributed by atoms with E-state index >= 15 is 0 Å². The lowest BCUT2D eigenvalue weighted by Crippen LogP contribution is -2.19. The standard InChI is InChI=1S/C15H16N6/c1-3-6-18-11(2)12-4-5-15(19-9-12)21-10-20-13(7-16)14(21)8-17/h4-5,9-11,18H,3,6H2,1-2H3. The van der Waals surface area contributed by atoms with Gasteiger partial charge in [0.25, 0.3) is 0 Å². The Bertz CT molecular complexity index is 686. The monoisotopic (exact) mass is 280 g/mol. The SMILES string of the molecule is CCCNC(C)c1ccc(-n2cnc(C#N)c2C#N)nc1. The number of aromatic nitrogens is 3. The van der Waals surface area contributed by atoms with Crippen LogP contribution in [0.3, 0.4) is 0 Å². The van der Waals surface area contributed by atoms with Crippen LogP contribution in [0.4, 0.5) is 0 Å². The number of nitrogens with zero attached hydrogens (tertiary/aromatic N) is 5. The largest absolute Gasteiger partial charge is 0.310 e. The van der Waals surface area contributed by atoms with Crippen LogP contribution >= 0.6 is 0 Å². The summed E-state index contributed by atoms with van der Waals surface area (Å²) in [5.74, 6) is 0.576. The van der Waals surface area contributed by atoms with Crippen LogP contribution in [0.25, 0.3) is 5.82 Å². The van der Waals surface area contributed by atoms with Crippen LogP contribution in [-0.4, -0.2) is 21.1 Å². The molecule has 21 heavy (non-hydrogen) atoms. The number of rotatable bonds is 5. The fourth-order valence-corrected chi connectivity index (χ4v) is 1.99. The molecule has 0 amide bonds. The molecule has 6 heteroatoms. The summed E-state index contributed by atoms with van der Waals surface area (Å²) in [5, 5.41) is 21.4. The van der Waals surface area contributed by atoms with Gasteiger partial charge in [-0.15, -0.1) is 0 Å². The molecule has 106 valence electrons. The zero-order valence-electron chi connectivity index (χ0n) is 12.0. The second kappa shape index (κ2) is 6.65. The fraction of sp³-hybridized carbons (Fsp3) is 0.333. The van der Waals surface area contributed by atoms with Gasteiger partial charge in [-0.3, -0.25) is 4.57 Å². The number of hydrogen-bond acceptors (Lipinski definition) is 5. The maximum atomic E-state index is 9.12. The topological polar surface area (TPSA) is 90.3 Å². The molecule has 0 saturated carbocycles. The van der Waals surface area contributed by atoms with Gasteiger partial charge in [-0.25, -0.2) is 9.97 Å². The maximum absolute atomic E-state index is 9.12. The van der Waals surface area contributed by atoms with E-state index in [0.717, 1.165) is 18.5 Å². The molecule has 2 rings (SSSR count). The molecule has 1 N–H and O–H groups in total. The molecule has 1 atom stereocenters. The Morgan fingerprint density at radius 3 is 2.67 bits per heavy atom. The summed E-state index contributed by atoms with van der Waals surface area (Å²) in [5.41, 5.74) is 1.39. The molecule has 1 unspecified atom stereocenters. The van der Waals surface area contributed by atoms with Gasteiger partial charge < -0.3 is 5.32 Å². The van der Waals surface area contributed by atoms with Gasteiger partial charge >= 0.3 is 0 Å². The molecule has 0 fully saturated rings. The highest BCUT2D eigenvalue weighted by Crippen LogP contribution is 2.15. The Labute approximate surface area is 123 Å². The molecule has 0 aliphatic heterocycles. The van der Waals surface area contributed by atoms with Gasteiger partial charge in [0.2, 0.25) is 0 Å². The molecule has 0 aliphatic rings. The van der Waals surface area contributed by atoms with E-state index < -0.39 is 0 Å². The van der Waals surface area contributed by atoms with Gasteiger partial charge in [0, 0.05) is 12.2 Å². The van der Waals surface area contributed by atoms with E-state index in [1.165, 1.54) is 10.9 Å². The average Bonchev–Trinajstić information content (AvgIpc) is 2.95. The minimum Gasteiger partial charge on any atom is -0.310 e. The molecule has 0 aliphatic carbocycles. The van der Waals surface area contributed by atoms with Crippen molar-refractivity contribution in [1.29, 1.82) is 10.5 Å². The van der Waals surface area contributed by atoms with Crippen LogP contribution in [-0.2, 0) is 0 Å². The lowest BCUT2D eigenvalue weighted by Gasteiger charge is -2.13. The molecule has 0 spiro atoms. The van der Waals surface area contributed by atoms with Gasteiger partial charge in [-0.2, -0.15) is 10.5 Å². The van der Waals surface area contributed by atoms with E-state index in [9.17, 15) is 0 Å². The van der Waals surface area contributed by atoms with Crippen molar-refractivity contribution in [2.24, 2.45) is 0 Å². The second-order valence-corrected chi connectivity index (χ2v) is 4.66. The van der Waals surface area contributed by atoms with Gasteiger partial charge in [0.05, 0.1) is 0 Å². The first-order chi connectivity index (χ1) is 10.2. The van der Waals surface area contributed by atoms with Crippen LogP contribution < -0.4 is 5.32 Å². The highest BCUT2D eigenvalue weighted by Gasteiger charge is 2.12. The second-order valence-electron chi connectivity index (χ2n) is 4.66. The number of imidazole rings is 1. The van der Waals surface area contributed by atoms with E-state index in [4.69, 9.17) is 10.5 Å². The van der Waals surface area contributed by atoms with Crippen molar-refractivity contribution in [2.45, 2.75) is 26.3 Å². The normalized spacial score (nSPS) is 11.6. The first-order valence-electron chi connectivity index (χ1n) is 6.78. The van der Waals surface area contributed by atoms with Crippen molar-refractivity contribution in [3.05, 3.63) is 41.6 Å². The molecule has 0 aromatic carbocycles. The third-order valence-electron chi connectivity index (χ3n) is 3.20. The Hall–Kier alpha value is -2.70. The van der Waals surface area contributed by atoms with E-state index in [1.807, 2.05) is 24.3 Å². The zero-order chi connectivity index (χ0) is 15.2. The van der Waals surface area contributed by atoms with Crippen molar-refractivity contribution in [1.82, 2.24) is 19.9 Å². The number of hydrogen-bond donors (Lipinski definition) is 1. The smallest absolute Gasteiger partial charge is 0.177 e. The first-order valence-corrected chi connectivity index (χ1v) is 6.78. The molecule has 2 heterocycles. The molecule has 6 nitrogen and oxygen atoms in total. The molecule has 0 radical (unpaired) electrons. The molecule has 0 saturated heterocycles. The molecule has 0 bridgehead atoms. The number of nitrogens with one attached hydrogen (secondary N) is 1. The third-order valence-corrected chi connectivity index (χ3v) is 3.20. The Morgan fingerprint density at radius 1 is 1.29 bits per heavy atom. The van der Waals surface area contributed by atoms with E-state index in [-0.39, 0.29) is 17.4 Å². The predicted octanol–water partition coefficient (Wildman–Crippen LogP) is 2.07. The Morgan fingerprint density at radius 2 is 2.10 bits per heavy atom. The predicted molar refractivity (Wildman–Crippen MR) is 77.5 cm³/mol. The summed E-state index contributed by atoms with van der Waals surface area (Å²) in [6, 6.07) is 7.89. The Balaban J connectivity index is 2.26. The summed E-state index contributed by atoms with van der Waals surface area (Å²) in [7, 11) is 0. The van der Waals surface area contributed by atoms with Crippen molar-refractivity contribution in [3.63, 3.8) is 0 Å². The number of pyridine rings is 1. The fourth-order valence-electron chi connectivity index (χ4n) is 1.99. The molecular formula is C15H16N6. The minimum atomic E-state index is 0.112. The highest BCUT2D eigenvalue weighted by atomic mass is 15.1. The quantitative estimate of drug-likeness (QED) is 0.905. The Kier molecular flexibility index (Phi) is 4.65. The van der Waals surface area contributed by atoms with Gasteiger partial charge in [-0.1, -0.05) is 13.0 Å². The van der Waals surface area contributed by atoms with Crippen LogP contribution in [0.1, 0.15) is 43.3 Å². The zero-order valence-corrected chi connectivity index (χ0v) is 12.0. The van der Waals surface area contributed by atoms with Gasteiger partial charge in [0.1, 0.15) is 24.3 Å². The van der Waals surface area contributed by atoms with Crippen LogP contribution in [0, 0.1) is 22.7 Å². The lowest BCUT2D eigenvalue weighted by atomic mass is 10.1. The summed E-state index contributed by atoms with van der Waals surface area (Å²) >= 11 is 0. The summed E-state index contributed by atoms with van der Waals surface area (Å²) in [6.45, 7) is 5.16. The third kappa shape index (κ3) is 3.07. The van der Waals surface area contributed by atoms with Gasteiger partial charge in [-0.05, 0) is 31.5 Å². The lowest BCUT2D eigenvalue weighted by molar-refractivity contribution is 0.569. The van der Waals surface area contributed by atoms with Crippen LogP contribution in [0.2, 0.25) is 0 Å². The highest BCUT2D eigenvalue weighted by molar-refractivity contribution is 5.41. The van der Waals surface area contributed by atoms with E-state index in [1.54, 1.807) is 6.20 Å². The van der Waals surface area contributed by atoms with E-state index in [2.05, 4.69) is 29.1 Å². The molecular weight excluding hydrogens is 264 g/mol. The summed E-state index contributed by atoms with van der Waals surface area (Å²) in [4.78, 5) is 8.26. The summed E-state index contributed by atoms with van der Waals surface area (Å²) < 4.78 is 1.52. The number of nitriles is 2. The summed E-state index contributed by atoms with van der Waals surface area (Å²) in [6.07, 6.45) is 4.29. The molecule has 2 aromatic heterocycles. The van der Waals surface area contributed by atoms with Crippen molar-refractivity contribution in [3.8, 4) is 18.0 Å². The van der Waals surface area contributed by atoms with Crippen LogP contribution in [0.15, 0.2) is 24.7 Å². The van der Waals surface area contributed by atoms with Crippen molar-refractivity contribution >= 4 is 0 Å². The van der Waals surface area contributed by atoms with Gasteiger partial charge in [0.15, 0.2) is 11.4 Å².